The van der Waals surface area contributed by atoms with E-state index >= 15 is 0 Å². The molecule has 138 valence electrons. The molecule has 3 rings (SSSR count). The van der Waals surface area contributed by atoms with Crippen LogP contribution in [0, 0.1) is 10.1 Å². The summed E-state index contributed by atoms with van der Waals surface area (Å²) in [6.07, 6.45) is 0. The molecule has 2 N–H and O–H groups in total. The third-order valence-corrected chi connectivity index (χ3v) is 3.39. The molecule has 0 atom stereocenters. The van der Waals surface area contributed by atoms with Crippen molar-refractivity contribution in [1.29, 1.82) is 0 Å². The van der Waals surface area contributed by atoms with Crippen molar-refractivity contribution in [3.63, 3.8) is 0 Å². The van der Waals surface area contributed by atoms with Gasteiger partial charge in [0.25, 0.3) is 5.69 Å². The highest BCUT2D eigenvalue weighted by Gasteiger charge is 2.12. The van der Waals surface area contributed by atoms with Crippen molar-refractivity contribution in [1.82, 2.24) is 10.2 Å². The molecule has 0 saturated carbocycles. The van der Waals surface area contributed by atoms with Crippen LogP contribution in [0.1, 0.15) is 6.92 Å². The van der Waals surface area contributed by atoms with Crippen molar-refractivity contribution >= 4 is 23.4 Å². The van der Waals surface area contributed by atoms with E-state index in [-0.39, 0.29) is 17.6 Å². The van der Waals surface area contributed by atoms with E-state index in [1.54, 1.807) is 24.3 Å². The van der Waals surface area contributed by atoms with Crippen molar-refractivity contribution in [3.8, 4) is 17.2 Å². The molecule has 10 heteroatoms. The van der Waals surface area contributed by atoms with Crippen LogP contribution >= 0.6 is 0 Å². The summed E-state index contributed by atoms with van der Waals surface area (Å²) in [5.41, 5.74) is 0.983. The number of amides is 2. The second-order valence-electron chi connectivity index (χ2n) is 5.25. The van der Waals surface area contributed by atoms with E-state index in [0.717, 1.165) is 5.75 Å². The van der Waals surface area contributed by atoms with Gasteiger partial charge in [-0.3, -0.25) is 15.4 Å². The number of carbonyl (C=O) groups is 1. The number of carbonyl (C=O) groups excluding carboxylic acids is 1. The highest BCUT2D eigenvalue weighted by Crippen LogP contribution is 2.23. The predicted molar refractivity (Wildman–Crippen MR) is 96.6 cm³/mol. The number of hydrogen-bond acceptors (Lipinski definition) is 7. The van der Waals surface area contributed by atoms with E-state index < -0.39 is 11.0 Å². The number of urea groups is 1. The van der Waals surface area contributed by atoms with E-state index in [9.17, 15) is 14.9 Å². The van der Waals surface area contributed by atoms with Crippen LogP contribution in [-0.4, -0.2) is 27.8 Å². The molecule has 2 aromatic carbocycles. The van der Waals surface area contributed by atoms with Crippen LogP contribution in [0.4, 0.5) is 22.2 Å². The lowest BCUT2D eigenvalue weighted by Crippen LogP contribution is -2.19. The Morgan fingerprint density at radius 1 is 1.11 bits per heavy atom. The van der Waals surface area contributed by atoms with E-state index in [1.165, 1.54) is 24.3 Å². The number of non-ortho nitro benzene ring substituents is 1. The number of benzene rings is 2. The average Bonchev–Trinajstić information content (AvgIpc) is 3.11. The topological polar surface area (TPSA) is 132 Å². The molecule has 3 aromatic rings. The average molecular weight is 369 g/mol. The molecule has 0 aliphatic carbocycles. The molecule has 1 heterocycles. The second-order valence-corrected chi connectivity index (χ2v) is 5.25. The number of rotatable bonds is 6. The van der Waals surface area contributed by atoms with Gasteiger partial charge in [-0.15, -0.1) is 5.10 Å². The molecule has 0 spiro atoms. The van der Waals surface area contributed by atoms with Crippen LogP contribution in [0.2, 0.25) is 0 Å². The number of aromatic nitrogens is 2. The Morgan fingerprint density at radius 3 is 2.44 bits per heavy atom. The first-order valence-corrected chi connectivity index (χ1v) is 7.94. The Hall–Kier alpha value is -3.95. The third-order valence-electron chi connectivity index (χ3n) is 3.39. The first-order chi connectivity index (χ1) is 13.0. The molecule has 10 nitrogen and oxygen atoms in total. The molecule has 0 radical (unpaired) electrons. The van der Waals surface area contributed by atoms with Gasteiger partial charge in [0.1, 0.15) is 5.75 Å². The highest BCUT2D eigenvalue weighted by atomic mass is 16.6. The second kappa shape index (κ2) is 7.95. The number of anilines is 2. The molecule has 1 aromatic heterocycles. The zero-order valence-electron chi connectivity index (χ0n) is 14.2. The van der Waals surface area contributed by atoms with Crippen LogP contribution in [0.3, 0.4) is 0 Å². The number of hydrogen-bond donors (Lipinski definition) is 2. The summed E-state index contributed by atoms with van der Waals surface area (Å²) >= 11 is 0. The van der Waals surface area contributed by atoms with Gasteiger partial charge in [0.15, 0.2) is 0 Å². The highest BCUT2D eigenvalue weighted by molar-refractivity contribution is 5.98. The van der Waals surface area contributed by atoms with Crippen molar-refractivity contribution in [2.24, 2.45) is 0 Å². The number of nitro benzene ring substituents is 1. The first kappa shape index (κ1) is 17.9. The Balaban J connectivity index is 1.61. The van der Waals surface area contributed by atoms with E-state index in [2.05, 4.69) is 20.8 Å². The zero-order valence-corrected chi connectivity index (χ0v) is 14.2. The van der Waals surface area contributed by atoms with Gasteiger partial charge < -0.3 is 14.5 Å². The third kappa shape index (κ3) is 4.57. The Labute approximate surface area is 153 Å². The lowest BCUT2D eigenvalue weighted by molar-refractivity contribution is -0.384. The normalized spacial score (nSPS) is 10.3. The van der Waals surface area contributed by atoms with E-state index in [4.69, 9.17) is 9.15 Å². The van der Waals surface area contributed by atoms with E-state index in [0.29, 0.717) is 17.9 Å². The minimum absolute atomic E-state index is 0.0714. The summed E-state index contributed by atoms with van der Waals surface area (Å²) in [4.78, 5) is 22.1. The fourth-order valence-corrected chi connectivity index (χ4v) is 2.18. The maximum Gasteiger partial charge on any atom is 0.327 e. The summed E-state index contributed by atoms with van der Waals surface area (Å²) in [7, 11) is 0. The Morgan fingerprint density at radius 2 is 1.81 bits per heavy atom. The number of nitro groups is 1. The summed E-state index contributed by atoms with van der Waals surface area (Å²) in [6, 6.07) is 11.8. The predicted octanol–water partition coefficient (Wildman–Crippen LogP) is 3.69. The molecule has 2 amide bonds. The molecule has 0 aliphatic heterocycles. The molecule has 0 saturated heterocycles. The van der Waals surface area contributed by atoms with Gasteiger partial charge >= 0.3 is 12.0 Å². The molecule has 0 unspecified atom stereocenters. The number of nitrogens with zero attached hydrogens (tertiary/aromatic N) is 3. The monoisotopic (exact) mass is 369 g/mol. The van der Waals surface area contributed by atoms with Crippen LogP contribution < -0.4 is 15.4 Å². The van der Waals surface area contributed by atoms with Gasteiger partial charge in [-0.2, -0.15) is 0 Å². The van der Waals surface area contributed by atoms with Crippen LogP contribution in [0.25, 0.3) is 11.5 Å². The maximum absolute atomic E-state index is 12.0. The zero-order chi connectivity index (χ0) is 19.2. The first-order valence-electron chi connectivity index (χ1n) is 7.94. The van der Waals surface area contributed by atoms with Crippen LogP contribution in [0.5, 0.6) is 5.75 Å². The number of nitrogens with one attached hydrogen (secondary N) is 2. The van der Waals surface area contributed by atoms with E-state index in [1.807, 2.05) is 6.92 Å². The maximum atomic E-state index is 12.0. The summed E-state index contributed by atoms with van der Waals surface area (Å²) in [6.45, 7) is 2.46. The van der Waals surface area contributed by atoms with Gasteiger partial charge in [0.05, 0.1) is 11.5 Å². The molecular weight excluding hydrogens is 354 g/mol. The quantitative estimate of drug-likeness (QED) is 0.500. The Bertz CT molecular complexity index is 937. The minimum Gasteiger partial charge on any atom is -0.494 e. The molecule has 27 heavy (non-hydrogen) atoms. The van der Waals surface area contributed by atoms with Crippen molar-refractivity contribution < 1.29 is 18.9 Å². The van der Waals surface area contributed by atoms with Gasteiger partial charge in [0.2, 0.25) is 5.89 Å². The molecule has 0 bridgehead atoms. The standard InChI is InChI=1S/C17H15N5O5/c1-2-26-14-9-3-11(4-10-14)15-20-21-17(27-15)19-16(23)18-12-5-7-13(8-6-12)22(24)25/h3-10H,2H2,1H3,(H2,18,19,21,23). The summed E-state index contributed by atoms with van der Waals surface area (Å²) in [5.74, 6) is 0.963. The lowest BCUT2D eigenvalue weighted by Gasteiger charge is -2.04. The van der Waals surface area contributed by atoms with Crippen molar-refractivity contribution in [2.45, 2.75) is 6.92 Å². The van der Waals surface area contributed by atoms with Gasteiger partial charge in [-0.05, 0) is 43.3 Å². The summed E-state index contributed by atoms with van der Waals surface area (Å²) < 4.78 is 10.8. The fraction of sp³-hybridized carbons (Fsp3) is 0.118. The number of ether oxygens (including phenoxy) is 1. The lowest BCUT2D eigenvalue weighted by atomic mass is 10.2. The fourth-order valence-electron chi connectivity index (χ4n) is 2.18. The van der Waals surface area contributed by atoms with Crippen LogP contribution in [0.15, 0.2) is 52.9 Å². The smallest absolute Gasteiger partial charge is 0.327 e. The SMILES string of the molecule is CCOc1ccc(-c2nnc(NC(=O)Nc3ccc([N+](=O)[O-])cc3)o2)cc1. The Kier molecular flexibility index (Phi) is 5.26. The molecule has 0 fully saturated rings. The largest absolute Gasteiger partial charge is 0.494 e. The molecule has 0 aliphatic rings. The minimum atomic E-state index is -0.620. The van der Waals surface area contributed by atoms with Crippen LogP contribution in [-0.2, 0) is 0 Å². The summed E-state index contributed by atoms with van der Waals surface area (Å²) in [5, 5.41) is 23.2. The van der Waals surface area contributed by atoms with Gasteiger partial charge in [-0.1, -0.05) is 5.10 Å². The molecular formula is C17H15N5O5. The van der Waals surface area contributed by atoms with Crippen molar-refractivity contribution in [3.05, 3.63) is 58.6 Å². The van der Waals surface area contributed by atoms with Gasteiger partial charge in [0, 0.05) is 23.4 Å². The van der Waals surface area contributed by atoms with Gasteiger partial charge in [-0.25, -0.2) is 4.79 Å². The van der Waals surface area contributed by atoms with Crippen molar-refractivity contribution in [2.75, 3.05) is 17.2 Å².